The van der Waals surface area contributed by atoms with E-state index in [0.29, 0.717) is 18.3 Å². The Morgan fingerprint density at radius 1 is 1.22 bits per heavy atom. The number of hydrogen-bond donors (Lipinski definition) is 2. The van der Waals surface area contributed by atoms with Crippen LogP contribution in [0.1, 0.15) is 25.0 Å². The zero-order valence-electron chi connectivity index (χ0n) is 11.4. The molecular weight excluding hydrogens is 248 g/mol. The molecule has 5 heteroatoms. The Morgan fingerprint density at radius 2 is 1.89 bits per heavy atom. The van der Waals surface area contributed by atoms with Crippen molar-refractivity contribution in [1.29, 1.82) is 0 Å². The van der Waals surface area contributed by atoms with E-state index >= 15 is 0 Å². The van der Waals surface area contributed by atoms with Crippen molar-refractivity contribution >= 4 is 15.7 Å². The maximum atomic E-state index is 11.9. The molecule has 0 aliphatic rings. The molecule has 0 saturated heterocycles. The summed E-state index contributed by atoms with van der Waals surface area (Å²) in [6.45, 7) is 8.27. The highest BCUT2D eigenvalue weighted by Crippen LogP contribution is 2.17. The van der Waals surface area contributed by atoms with Gasteiger partial charge >= 0.3 is 0 Å². The lowest BCUT2D eigenvalue weighted by Crippen LogP contribution is -2.31. The molecule has 0 saturated carbocycles. The van der Waals surface area contributed by atoms with Crippen LogP contribution in [-0.2, 0) is 10.0 Å². The number of benzene rings is 1. The maximum Gasteiger partial charge on any atom is 0.233 e. The number of aryl methyl sites for hydroxylation is 2. The van der Waals surface area contributed by atoms with Crippen LogP contribution in [0.5, 0.6) is 0 Å². The van der Waals surface area contributed by atoms with Gasteiger partial charge in [0.25, 0.3) is 0 Å². The third-order valence-corrected chi connectivity index (χ3v) is 3.85. The lowest BCUT2D eigenvalue weighted by Gasteiger charge is -2.12. The molecule has 0 unspecified atom stereocenters. The molecular formula is C13H22N2O2S. The molecule has 0 bridgehead atoms. The second-order valence-corrected chi connectivity index (χ2v) is 6.69. The van der Waals surface area contributed by atoms with E-state index in [4.69, 9.17) is 0 Å². The molecule has 0 amide bonds. The van der Waals surface area contributed by atoms with E-state index in [1.54, 1.807) is 0 Å². The van der Waals surface area contributed by atoms with Crippen molar-refractivity contribution in [2.24, 2.45) is 0 Å². The summed E-state index contributed by atoms with van der Waals surface area (Å²) in [4.78, 5) is 0. The van der Waals surface area contributed by atoms with Gasteiger partial charge in [0.2, 0.25) is 10.0 Å². The van der Waals surface area contributed by atoms with Crippen molar-refractivity contribution in [2.75, 3.05) is 17.0 Å². The van der Waals surface area contributed by atoms with Crippen LogP contribution in [0.2, 0.25) is 0 Å². The molecule has 0 aromatic heterocycles. The Morgan fingerprint density at radius 3 is 2.50 bits per heavy atom. The number of nitrogens with one attached hydrogen (secondary N) is 2. The number of anilines is 1. The molecule has 0 fully saturated rings. The summed E-state index contributed by atoms with van der Waals surface area (Å²) in [5.41, 5.74) is 2.64. The topological polar surface area (TPSA) is 58.2 Å². The van der Waals surface area contributed by atoms with Crippen LogP contribution in [0, 0.1) is 13.8 Å². The smallest absolute Gasteiger partial charge is 0.233 e. The molecule has 0 heterocycles. The van der Waals surface area contributed by atoms with Gasteiger partial charge in [-0.15, -0.1) is 0 Å². The molecule has 0 radical (unpaired) electrons. The molecule has 0 atom stereocenters. The zero-order valence-corrected chi connectivity index (χ0v) is 12.3. The molecule has 1 rings (SSSR count). The van der Waals surface area contributed by atoms with Gasteiger partial charge in [0.15, 0.2) is 0 Å². The lowest BCUT2D eigenvalue weighted by atomic mass is 10.1. The summed E-state index contributed by atoms with van der Waals surface area (Å²) >= 11 is 0. The highest BCUT2D eigenvalue weighted by molar-refractivity contribution is 7.92. The van der Waals surface area contributed by atoms with Crippen molar-refractivity contribution in [1.82, 2.24) is 5.32 Å². The minimum Gasteiger partial charge on any atom is -0.313 e. The van der Waals surface area contributed by atoms with Crippen LogP contribution in [0.3, 0.4) is 0 Å². The summed E-state index contributed by atoms with van der Waals surface area (Å²) in [5, 5.41) is 3.09. The molecule has 1 aromatic carbocycles. The van der Waals surface area contributed by atoms with E-state index in [1.165, 1.54) is 0 Å². The maximum absolute atomic E-state index is 11.9. The van der Waals surface area contributed by atoms with Gasteiger partial charge in [0, 0.05) is 12.6 Å². The summed E-state index contributed by atoms with van der Waals surface area (Å²) in [5.74, 6) is 0.0819. The van der Waals surface area contributed by atoms with Crippen LogP contribution < -0.4 is 10.0 Å². The minimum atomic E-state index is -3.28. The molecule has 18 heavy (non-hydrogen) atoms. The fraction of sp³-hybridized carbons (Fsp3) is 0.538. The van der Waals surface area contributed by atoms with Crippen molar-refractivity contribution in [3.05, 3.63) is 29.3 Å². The van der Waals surface area contributed by atoms with Gasteiger partial charge in [-0.2, -0.15) is 0 Å². The van der Waals surface area contributed by atoms with E-state index < -0.39 is 10.0 Å². The number of hydrogen-bond acceptors (Lipinski definition) is 3. The molecule has 0 spiro atoms. The van der Waals surface area contributed by atoms with Gasteiger partial charge in [0.05, 0.1) is 11.4 Å². The van der Waals surface area contributed by atoms with Crippen LogP contribution >= 0.6 is 0 Å². The highest BCUT2D eigenvalue weighted by atomic mass is 32.2. The van der Waals surface area contributed by atoms with Gasteiger partial charge < -0.3 is 5.32 Å². The van der Waals surface area contributed by atoms with Crippen molar-refractivity contribution in [3.8, 4) is 0 Å². The fourth-order valence-electron chi connectivity index (χ4n) is 1.55. The van der Waals surface area contributed by atoms with Crippen LogP contribution in [0.25, 0.3) is 0 Å². The molecule has 4 nitrogen and oxygen atoms in total. The second-order valence-electron chi connectivity index (χ2n) is 4.85. The second kappa shape index (κ2) is 6.20. The van der Waals surface area contributed by atoms with Crippen LogP contribution in [0.4, 0.5) is 5.69 Å². The first kappa shape index (κ1) is 15.0. The average molecular weight is 270 g/mol. The summed E-state index contributed by atoms with van der Waals surface area (Å²) in [6.07, 6.45) is 0. The SMILES string of the molecule is Cc1ccc(C)c(NS(=O)(=O)CCNC(C)C)c1. The minimum absolute atomic E-state index is 0.0819. The Bertz CT molecular complexity index is 496. The van der Waals surface area contributed by atoms with Gasteiger partial charge in [-0.1, -0.05) is 26.0 Å². The van der Waals surface area contributed by atoms with E-state index in [0.717, 1.165) is 11.1 Å². The standard InChI is InChI=1S/C13H22N2O2S/c1-10(2)14-7-8-18(16,17)15-13-9-11(3)5-6-12(13)4/h5-6,9-10,14-15H,7-8H2,1-4H3. The highest BCUT2D eigenvalue weighted by Gasteiger charge is 2.11. The molecule has 1 aromatic rings. The van der Waals surface area contributed by atoms with E-state index in [-0.39, 0.29) is 5.75 Å². The molecule has 0 aliphatic carbocycles. The number of sulfonamides is 1. The largest absolute Gasteiger partial charge is 0.313 e. The van der Waals surface area contributed by atoms with Crippen molar-refractivity contribution in [3.63, 3.8) is 0 Å². The predicted octanol–water partition coefficient (Wildman–Crippen LogP) is 2.04. The Labute approximate surface area is 110 Å². The average Bonchev–Trinajstić information content (AvgIpc) is 2.22. The first-order chi connectivity index (χ1) is 8.30. The first-order valence-electron chi connectivity index (χ1n) is 6.11. The van der Waals surface area contributed by atoms with Gasteiger partial charge in [-0.25, -0.2) is 8.42 Å². The first-order valence-corrected chi connectivity index (χ1v) is 7.76. The Balaban J connectivity index is 2.67. The quantitative estimate of drug-likeness (QED) is 0.831. The third-order valence-electron chi connectivity index (χ3n) is 2.58. The summed E-state index contributed by atoms with van der Waals surface area (Å²) in [6, 6.07) is 6.02. The predicted molar refractivity (Wildman–Crippen MR) is 76.5 cm³/mol. The lowest BCUT2D eigenvalue weighted by molar-refractivity contribution is 0.582. The van der Waals surface area contributed by atoms with Crippen LogP contribution in [-0.4, -0.2) is 26.8 Å². The Hall–Kier alpha value is -1.07. The Kier molecular flexibility index (Phi) is 5.16. The monoisotopic (exact) mass is 270 g/mol. The van der Waals surface area contributed by atoms with E-state index in [9.17, 15) is 8.42 Å². The summed E-state index contributed by atoms with van der Waals surface area (Å²) < 4.78 is 26.4. The number of rotatable bonds is 6. The third kappa shape index (κ3) is 5.06. The van der Waals surface area contributed by atoms with Gasteiger partial charge in [-0.05, 0) is 31.0 Å². The van der Waals surface area contributed by atoms with E-state index in [2.05, 4.69) is 10.0 Å². The molecule has 0 aliphatic heterocycles. The molecule has 2 N–H and O–H groups in total. The van der Waals surface area contributed by atoms with Crippen molar-refractivity contribution < 1.29 is 8.42 Å². The zero-order chi connectivity index (χ0) is 13.8. The fourth-order valence-corrected chi connectivity index (χ4v) is 2.59. The van der Waals surface area contributed by atoms with E-state index in [1.807, 2.05) is 45.9 Å². The van der Waals surface area contributed by atoms with Crippen molar-refractivity contribution in [2.45, 2.75) is 33.7 Å². The normalized spacial score (nSPS) is 11.8. The summed E-state index contributed by atoms with van der Waals surface area (Å²) in [7, 11) is -3.28. The van der Waals surface area contributed by atoms with Gasteiger partial charge in [-0.3, -0.25) is 4.72 Å². The molecule has 102 valence electrons. The van der Waals surface area contributed by atoms with Crippen LogP contribution in [0.15, 0.2) is 18.2 Å². The van der Waals surface area contributed by atoms with Gasteiger partial charge in [0.1, 0.15) is 0 Å².